The summed E-state index contributed by atoms with van der Waals surface area (Å²) in [6.07, 6.45) is 0.114. The van der Waals surface area contributed by atoms with Crippen LogP contribution in [0.4, 0.5) is 0 Å². The van der Waals surface area contributed by atoms with Crippen molar-refractivity contribution in [1.29, 1.82) is 0 Å². The van der Waals surface area contributed by atoms with Gasteiger partial charge in [-0.05, 0) is 23.8 Å². The first-order valence-corrected chi connectivity index (χ1v) is 7.64. The van der Waals surface area contributed by atoms with Gasteiger partial charge in [-0.15, -0.1) is 0 Å². The second-order valence-electron chi connectivity index (χ2n) is 5.50. The molecule has 1 aliphatic heterocycles. The van der Waals surface area contributed by atoms with Crippen LogP contribution in [0, 0.1) is 0 Å². The second-order valence-corrected chi connectivity index (χ2v) is 5.50. The molecule has 0 aliphatic carbocycles. The molecule has 124 valence electrons. The van der Waals surface area contributed by atoms with E-state index in [4.69, 9.17) is 15.2 Å². The Labute approximate surface area is 139 Å². The normalized spacial score (nSPS) is 12.0. The number of primary amides is 1. The molecule has 2 amide bonds. The summed E-state index contributed by atoms with van der Waals surface area (Å²) in [5, 5.41) is 0. The highest BCUT2D eigenvalue weighted by Gasteiger charge is 2.21. The summed E-state index contributed by atoms with van der Waals surface area (Å²) in [6, 6.07) is 14.7. The van der Waals surface area contributed by atoms with Gasteiger partial charge in [-0.25, -0.2) is 0 Å². The SMILES string of the molecule is NC(=O)CCN(Cc1ccccc1)C(=O)c1ccc2c(c1)OCO2. The van der Waals surface area contributed by atoms with Crippen molar-refractivity contribution < 1.29 is 19.1 Å². The van der Waals surface area contributed by atoms with Crippen LogP contribution in [0.5, 0.6) is 11.5 Å². The van der Waals surface area contributed by atoms with Gasteiger partial charge >= 0.3 is 0 Å². The quantitative estimate of drug-likeness (QED) is 0.879. The van der Waals surface area contributed by atoms with Crippen LogP contribution in [0.25, 0.3) is 0 Å². The number of benzene rings is 2. The average molecular weight is 326 g/mol. The molecule has 0 aromatic heterocycles. The molecule has 0 saturated carbocycles. The first-order chi connectivity index (χ1) is 11.6. The number of ether oxygens (including phenoxy) is 2. The van der Waals surface area contributed by atoms with Crippen molar-refractivity contribution in [3.05, 3.63) is 59.7 Å². The molecule has 1 heterocycles. The maximum absolute atomic E-state index is 12.8. The Morgan fingerprint density at radius 1 is 1.04 bits per heavy atom. The van der Waals surface area contributed by atoms with Gasteiger partial charge in [0.25, 0.3) is 5.91 Å². The molecular formula is C18H18N2O4. The predicted octanol–water partition coefficient (Wildman–Crippen LogP) is 1.93. The summed E-state index contributed by atoms with van der Waals surface area (Å²) in [7, 11) is 0. The lowest BCUT2D eigenvalue weighted by Crippen LogP contribution is -2.33. The number of carbonyl (C=O) groups is 2. The van der Waals surface area contributed by atoms with Gasteiger partial charge in [-0.2, -0.15) is 0 Å². The zero-order valence-corrected chi connectivity index (χ0v) is 13.1. The van der Waals surface area contributed by atoms with Crippen molar-refractivity contribution in [2.45, 2.75) is 13.0 Å². The van der Waals surface area contributed by atoms with Crippen molar-refractivity contribution in [1.82, 2.24) is 4.90 Å². The summed E-state index contributed by atoms with van der Waals surface area (Å²) in [4.78, 5) is 25.6. The van der Waals surface area contributed by atoms with E-state index in [1.165, 1.54) is 0 Å². The highest BCUT2D eigenvalue weighted by molar-refractivity contribution is 5.95. The molecule has 6 nitrogen and oxygen atoms in total. The van der Waals surface area contributed by atoms with Gasteiger partial charge < -0.3 is 20.1 Å². The molecule has 0 bridgehead atoms. The van der Waals surface area contributed by atoms with E-state index in [2.05, 4.69) is 0 Å². The van der Waals surface area contributed by atoms with Crippen LogP contribution in [0.1, 0.15) is 22.3 Å². The molecule has 24 heavy (non-hydrogen) atoms. The molecule has 0 atom stereocenters. The number of carbonyl (C=O) groups excluding carboxylic acids is 2. The van der Waals surface area contributed by atoms with E-state index < -0.39 is 5.91 Å². The van der Waals surface area contributed by atoms with Crippen LogP contribution >= 0.6 is 0 Å². The molecule has 0 radical (unpaired) electrons. The van der Waals surface area contributed by atoms with Crippen LogP contribution in [0.2, 0.25) is 0 Å². The van der Waals surface area contributed by atoms with Crippen LogP contribution in [-0.4, -0.2) is 30.1 Å². The topological polar surface area (TPSA) is 81.9 Å². The minimum absolute atomic E-state index is 0.114. The van der Waals surface area contributed by atoms with Crippen LogP contribution in [0.3, 0.4) is 0 Å². The fourth-order valence-corrected chi connectivity index (χ4v) is 2.51. The largest absolute Gasteiger partial charge is 0.454 e. The Bertz CT molecular complexity index is 746. The van der Waals surface area contributed by atoms with Gasteiger partial charge in [0.1, 0.15) is 0 Å². The third kappa shape index (κ3) is 3.65. The molecule has 2 aromatic carbocycles. The monoisotopic (exact) mass is 326 g/mol. The molecular weight excluding hydrogens is 308 g/mol. The van der Waals surface area contributed by atoms with Crippen LogP contribution in [0.15, 0.2) is 48.5 Å². The Morgan fingerprint density at radius 2 is 1.79 bits per heavy atom. The molecule has 0 fully saturated rings. The minimum Gasteiger partial charge on any atom is -0.454 e. The Morgan fingerprint density at radius 3 is 2.54 bits per heavy atom. The number of amides is 2. The molecule has 2 N–H and O–H groups in total. The van der Waals surface area contributed by atoms with Crippen molar-refractivity contribution in [3.8, 4) is 11.5 Å². The van der Waals surface area contributed by atoms with Crippen LogP contribution < -0.4 is 15.2 Å². The Hall–Kier alpha value is -3.02. The van der Waals surface area contributed by atoms with Gasteiger partial charge in [-0.1, -0.05) is 30.3 Å². The molecule has 1 aliphatic rings. The van der Waals surface area contributed by atoms with Crippen LogP contribution in [-0.2, 0) is 11.3 Å². The van der Waals surface area contributed by atoms with E-state index in [-0.39, 0.29) is 25.7 Å². The van der Waals surface area contributed by atoms with E-state index in [9.17, 15) is 9.59 Å². The Kier molecular flexibility index (Phi) is 4.65. The lowest BCUT2D eigenvalue weighted by molar-refractivity contribution is -0.118. The third-order valence-electron chi connectivity index (χ3n) is 3.75. The highest BCUT2D eigenvalue weighted by Crippen LogP contribution is 2.32. The van der Waals surface area contributed by atoms with Gasteiger partial charge in [0.15, 0.2) is 11.5 Å². The van der Waals surface area contributed by atoms with E-state index in [0.29, 0.717) is 23.6 Å². The fraction of sp³-hybridized carbons (Fsp3) is 0.222. The van der Waals surface area contributed by atoms with Crippen molar-refractivity contribution in [2.24, 2.45) is 5.73 Å². The second kappa shape index (κ2) is 7.04. The minimum atomic E-state index is -0.438. The molecule has 0 unspecified atom stereocenters. The molecule has 2 aromatic rings. The first-order valence-electron chi connectivity index (χ1n) is 7.64. The lowest BCUT2D eigenvalue weighted by Gasteiger charge is -2.22. The van der Waals surface area contributed by atoms with Gasteiger partial charge in [0.2, 0.25) is 12.7 Å². The highest BCUT2D eigenvalue weighted by atomic mass is 16.7. The number of hydrogen-bond acceptors (Lipinski definition) is 4. The summed E-state index contributed by atoms with van der Waals surface area (Å²) >= 11 is 0. The van der Waals surface area contributed by atoms with Gasteiger partial charge in [-0.3, -0.25) is 9.59 Å². The first kappa shape index (κ1) is 15.9. The maximum Gasteiger partial charge on any atom is 0.254 e. The summed E-state index contributed by atoms with van der Waals surface area (Å²) < 4.78 is 10.6. The maximum atomic E-state index is 12.8. The third-order valence-corrected chi connectivity index (χ3v) is 3.75. The van der Waals surface area contributed by atoms with Crippen molar-refractivity contribution in [3.63, 3.8) is 0 Å². The number of hydrogen-bond donors (Lipinski definition) is 1. The van der Waals surface area contributed by atoms with Crippen molar-refractivity contribution in [2.75, 3.05) is 13.3 Å². The molecule has 0 spiro atoms. The number of nitrogens with two attached hydrogens (primary N) is 1. The summed E-state index contributed by atoms with van der Waals surface area (Å²) in [5.74, 6) is 0.554. The smallest absolute Gasteiger partial charge is 0.254 e. The Balaban J connectivity index is 1.80. The zero-order chi connectivity index (χ0) is 16.9. The fourth-order valence-electron chi connectivity index (χ4n) is 2.51. The molecule has 0 saturated heterocycles. The number of fused-ring (bicyclic) bond motifs is 1. The number of nitrogens with zero attached hydrogens (tertiary/aromatic N) is 1. The van der Waals surface area contributed by atoms with E-state index in [1.807, 2.05) is 30.3 Å². The van der Waals surface area contributed by atoms with Gasteiger partial charge in [0.05, 0.1) is 0 Å². The van der Waals surface area contributed by atoms with E-state index in [0.717, 1.165) is 5.56 Å². The summed E-state index contributed by atoms with van der Waals surface area (Å²) in [5.41, 5.74) is 6.70. The molecule has 3 rings (SSSR count). The van der Waals surface area contributed by atoms with Gasteiger partial charge in [0, 0.05) is 25.1 Å². The van der Waals surface area contributed by atoms with Crippen molar-refractivity contribution >= 4 is 11.8 Å². The predicted molar refractivity (Wildman–Crippen MR) is 87.6 cm³/mol. The summed E-state index contributed by atoms with van der Waals surface area (Å²) in [6.45, 7) is 0.821. The zero-order valence-electron chi connectivity index (χ0n) is 13.1. The standard InChI is InChI=1S/C18H18N2O4/c19-17(21)8-9-20(11-13-4-2-1-3-5-13)18(22)14-6-7-15-16(10-14)24-12-23-15/h1-7,10H,8-9,11-12H2,(H2,19,21). The average Bonchev–Trinajstić information content (AvgIpc) is 3.06. The van der Waals surface area contributed by atoms with E-state index in [1.54, 1.807) is 23.1 Å². The number of rotatable bonds is 6. The van der Waals surface area contributed by atoms with E-state index >= 15 is 0 Å². The lowest BCUT2D eigenvalue weighted by atomic mass is 10.1. The molecule has 6 heteroatoms.